The molecule has 2 heteroatoms. The first-order valence-electron chi connectivity index (χ1n) is 3.29. The van der Waals surface area contributed by atoms with Gasteiger partial charge in [0.25, 0.3) is 0 Å². The van der Waals surface area contributed by atoms with E-state index in [1.54, 1.807) is 6.20 Å². The predicted molar refractivity (Wildman–Crippen MR) is 39.9 cm³/mol. The second-order valence-electron chi connectivity index (χ2n) is 2.33. The van der Waals surface area contributed by atoms with E-state index in [2.05, 4.69) is 11.6 Å². The minimum absolute atomic E-state index is 0.216. The molecule has 0 radical (unpaired) electrons. The highest BCUT2D eigenvalue weighted by molar-refractivity contribution is 5.02. The summed E-state index contributed by atoms with van der Waals surface area (Å²) in [6.07, 6.45) is 3.53. The van der Waals surface area contributed by atoms with Gasteiger partial charge in [-0.05, 0) is 6.92 Å². The number of allylic oxidation sites excluding steroid dienone is 1. The van der Waals surface area contributed by atoms with Crippen LogP contribution in [0.2, 0.25) is 0 Å². The smallest absolute Gasteiger partial charge is 0.200 e. The highest BCUT2D eigenvalue weighted by atomic mass is 16.4. The van der Waals surface area contributed by atoms with Crippen molar-refractivity contribution in [2.24, 2.45) is 0 Å². The molecule has 54 valence electrons. The third kappa shape index (κ3) is 1.26. The first-order valence-corrected chi connectivity index (χ1v) is 3.29. The topological polar surface area (TPSA) is 26.0 Å². The van der Waals surface area contributed by atoms with Crippen molar-refractivity contribution in [3.63, 3.8) is 0 Å². The van der Waals surface area contributed by atoms with E-state index >= 15 is 0 Å². The van der Waals surface area contributed by atoms with Gasteiger partial charge < -0.3 is 4.42 Å². The van der Waals surface area contributed by atoms with Crippen LogP contribution in [0.15, 0.2) is 23.3 Å². The maximum Gasteiger partial charge on any atom is 0.200 e. The minimum Gasteiger partial charge on any atom is -0.445 e. The Kier molecular flexibility index (Phi) is 1.90. The number of aryl methyl sites for hydroxylation is 1. The molecule has 0 saturated heterocycles. The third-order valence-electron chi connectivity index (χ3n) is 1.38. The van der Waals surface area contributed by atoms with Crippen molar-refractivity contribution in [2.75, 3.05) is 0 Å². The standard InChI is InChI=1S/C8H11NO/c1-4-6(2)8-9-5-7(3)10-8/h4-6H,1H2,2-3H3. The number of nitrogens with zero attached hydrogens (tertiary/aromatic N) is 1. The summed E-state index contributed by atoms with van der Waals surface area (Å²) in [7, 11) is 0. The molecule has 0 aliphatic heterocycles. The van der Waals surface area contributed by atoms with Crippen molar-refractivity contribution < 1.29 is 4.42 Å². The number of aromatic nitrogens is 1. The van der Waals surface area contributed by atoms with Gasteiger partial charge in [0.1, 0.15) is 5.76 Å². The second-order valence-corrected chi connectivity index (χ2v) is 2.33. The maximum absolute atomic E-state index is 5.25. The molecule has 1 aromatic rings. The summed E-state index contributed by atoms with van der Waals surface area (Å²) in [5.41, 5.74) is 0. The molecule has 0 fully saturated rings. The molecule has 0 bridgehead atoms. The summed E-state index contributed by atoms with van der Waals surface area (Å²) in [5.74, 6) is 1.81. The van der Waals surface area contributed by atoms with Gasteiger partial charge >= 0.3 is 0 Å². The molecule has 1 heterocycles. The maximum atomic E-state index is 5.25. The Morgan fingerprint density at radius 3 is 2.90 bits per heavy atom. The molecule has 1 rings (SSSR count). The zero-order valence-corrected chi connectivity index (χ0v) is 6.29. The minimum atomic E-state index is 0.216. The van der Waals surface area contributed by atoms with E-state index in [9.17, 15) is 0 Å². The summed E-state index contributed by atoms with van der Waals surface area (Å²) in [6, 6.07) is 0. The van der Waals surface area contributed by atoms with Crippen LogP contribution in [-0.2, 0) is 0 Å². The van der Waals surface area contributed by atoms with Crippen molar-refractivity contribution in [3.8, 4) is 0 Å². The molecule has 0 aromatic carbocycles. The molecule has 1 aromatic heterocycles. The summed E-state index contributed by atoms with van der Waals surface area (Å²) in [4.78, 5) is 4.05. The summed E-state index contributed by atoms with van der Waals surface area (Å²) < 4.78 is 5.25. The van der Waals surface area contributed by atoms with E-state index in [4.69, 9.17) is 4.42 Å². The van der Waals surface area contributed by atoms with Gasteiger partial charge in [0.05, 0.1) is 12.1 Å². The Morgan fingerprint density at radius 2 is 2.50 bits per heavy atom. The molecule has 0 aliphatic carbocycles. The summed E-state index contributed by atoms with van der Waals surface area (Å²) in [6.45, 7) is 7.53. The largest absolute Gasteiger partial charge is 0.445 e. The molecule has 1 unspecified atom stereocenters. The van der Waals surface area contributed by atoms with Crippen LogP contribution in [0.4, 0.5) is 0 Å². The zero-order valence-electron chi connectivity index (χ0n) is 6.29. The molecule has 0 spiro atoms. The lowest BCUT2D eigenvalue weighted by Gasteiger charge is -1.96. The molecule has 0 aliphatic rings. The van der Waals surface area contributed by atoms with Crippen LogP contribution >= 0.6 is 0 Å². The predicted octanol–water partition coefficient (Wildman–Crippen LogP) is 2.27. The Labute approximate surface area is 60.6 Å². The van der Waals surface area contributed by atoms with Gasteiger partial charge in [0.15, 0.2) is 0 Å². The second kappa shape index (κ2) is 2.69. The van der Waals surface area contributed by atoms with Crippen molar-refractivity contribution >= 4 is 0 Å². The summed E-state index contributed by atoms with van der Waals surface area (Å²) in [5, 5.41) is 0. The lowest BCUT2D eigenvalue weighted by molar-refractivity contribution is 0.462. The average Bonchev–Trinajstić information content (AvgIpc) is 2.34. The molecular weight excluding hydrogens is 126 g/mol. The van der Waals surface area contributed by atoms with E-state index in [1.165, 1.54) is 0 Å². The molecule has 2 nitrogen and oxygen atoms in total. The fourth-order valence-electron chi connectivity index (χ4n) is 0.684. The van der Waals surface area contributed by atoms with Gasteiger partial charge in [-0.25, -0.2) is 4.98 Å². The average molecular weight is 137 g/mol. The fourth-order valence-corrected chi connectivity index (χ4v) is 0.684. The van der Waals surface area contributed by atoms with Crippen molar-refractivity contribution in [1.29, 1.82) is 0 Å². The van der Waals surface area contributed by atoms with Gasteiger partial charge in [0, 0.05) is 0 Å². The highest BCUT2D eigenvalue weighted by Gasteiger charge is 2.05. The van der Waals surface area contributed by atoms with Crippen LogP contribution in [0.1, 0.15) is 24.5 Å². The van der Waals surface area contributed by atoms with Crippen LogP contribution in [0.5, 0.6) is 0 Å². The van der Waals surface area contributed by atoms with Gasteiger partial charge in [-0.15, -0.1) is 6.58 Å². The normalized spacial score (nSPS) is 13.0. The third-order valence-corrected chi connectivity index (χ3v) is 1.38. The van der Waals surface area contributed by atoms with Crippen LogP contribution in [0.3, 0.4) is 0 Å². The van der Waals surface area contributed by atoms with E-state index in [1.807, 2.05) is 19.9 Å². The molecule has 0 saturated carbocycles. The van der Waals surface area contributed by atoms with Crippen molar-refractivity contribution in [3.05, 3.63) is 30.5 Å². The first-order chi connectivity index (χ1) is 4.74. The number of rotatable bonds is 2. The van der Waals surface area contributed by atoms with Gasteiger partial charge in [-0.1, -0.05) is 13.0 Å². The fraction of sp³-hybridized carbons (Fsp3) is 0.375. The molecule has 1 atom stereocenters. The lowest BCUT2D eigenvalue weighted by Crippen LogP contribution is -1.86. The molecule has 10 heavy (non-hydrogen) atoms. The Morgan fingerprint density at radius 1 is 1.80 bits per heavy atom. The van der Waals surface area contributed by atoms with Crippen LogP contribution in [-0.4, -0.2) is 4.98 Å². The van der Waals surface area contributed by atoms with E-state index < -0.39 is 0 Å². The monoisotopic (exact) mass is 137 g/mol. The number of hydrogen-bond donors (Lipinski definition) is 0. The van der Waals surface area contributed by atoms with Crippen LogP contribution < -0.4 is 0 Å². The number of oxazole rings is 1. The molecule has 0 amide bonds. The van der Waals surface area contributed by atoms with E-state index in [0.717, 1.165) is 11.7 Å². The van der Waals surface area contributed by atoms with Crippen molar-refractivity contribution in [1.82, 2.24) is 4.98 Å². The van der Waals surface area contributed by atoms with Gasteiger partial charge in [-0.2, -0.15) is 0 Å². The van der Waals surface area contributed by atoms with E-state index in [0.29, 0.717) is 0 Å². The number of hydrogen-bond acceptors (Lipinski definition) is 2. The Bertz CT molecular complexity index is 227. The molecular formula is C8H11NO. The Hall–Kier alpha value is -1.05. The van der Waals surface area contributed by atoms with Gasteiger partial charge in [0.2, 0.25) is 5.89 Å². The highest BCUT2D eigenvalue weighted by Crippen LogP contribution is 2.14. The molecule has 0 N–H and O–H groups in total. The Balaban J connectivity index is 2.84. The van der Waals surface area contributed by atoms with Crippen molar-refractivity contribution in [2.45, 2.75) is 19.8 Å². The van der Waals surface area contributed by atoms with Gasteiger partial charge in [-0.3, -0.25) is 0 Å². The van der Waals surface area contributed by atoms with Crippen LogP contribution in [0, 0.1) is 6.92 Å². The zero-order chi connectivity index (χ0) is 7.56. The van der Waals surface area contributed by atoms with E-state index in [-0.39, 0.29) is 5.92 Å². The van der Waals surface area contributed by atoms with Crippen LogP contribution in [0.25, 0.3) is 0 Å². The quantitative estimate of drug-likeness (QED) is 0.584. The lowest BCUT2D eigenvalue weighted by atomic mass is 10.2. The summed E-state index contributed by atoms with van der Waals surface area (Å²) >= 11 is 0. The SMILES string of the molecule is C=CC(C)c1ncc(C)o1. The first kappa shape index (κ1) is 7.06.